The molecule has 0 saturated heterocycles. The number of allylic oxidation sites excluding steroid dienone is 1. The van der Waals surface area contributed by atoms with E-state index in [-0.39, 0.29) is 23.5 Å². The zero-order valence-electron chi connectivity index (χ0n) is 11.6. The molecule has 106 valence electrons. The number of ketones is 1. The van der Waals surface area contributed by atoms with Crippen LogP contribution in [0.3, 0.4) is 0 Å². The third-order valence-electron chi connectivity index (χ3n) is 3.98. The highest BCUT2D eigenvalue weighted by Crippen LogP contribution is 2.34. The van der Waals surface area contributed by atoms with Crippen LogP contribution in [0.25, 0.3) is 0 Å². The van der Waals surface area contributed by atoms with Gasteiger partial charge in [-0.25, -0.2) is 0 Å². The summed E-state index contributed by atoms with van der Waals surface area (Å²) in [6, 6.07) is 4.66. The molecule has 1 aliphatic rings. The van der Waals surface area contributed by atoms with Gasteiger partial charge >= 0.3 is 0 Å². The van der Waals surface area contributed by atoms with E-state index >= 15 is 0 Å². The van der Waals surface area contributed by atoms with Gasteiger partial charge in [-0.3, -0.25) is 4.79 Å². The molecular formula is C16H18O4. The molecule has 0 amide bonds. The molecule has 0 aromatic heterocycles. The quantitative estimate of drug-likeness (QED) is 0.636. The van der Waals surface area contributed by atoms with Gasteiger partial charge in [-0.1, -0.05) is 18.7 Å². The molecule has 0 radical (unpaired) electrons. The first-order valence-electron chi connectivity index (χ1n) is 6.43. The van der Waals surface area contributed by atoms with Crippen LogP contribution >= 0.6 is 0 Å². The number of hydrogen-bond donors (Lipinski definition) is 3. The second-order valence-corrected chi connectivity index (χ2v) is 5.36. The Kier molecular flexibility index (Phi) is 3.44. The van der Waals surface area contributed by atoms with Crippen LogP contribution in [0, 0.1) is 0 Å². The highest BCUT2D eigenvalue weighted by molar-refractivity contribution is 6.12. The third-order valence-corrected chi connectivity index (χ3v) is 3.98. The van der Waals surface area contributed by atoms with Gasteiger partial charge < -0.3 is 15.3 Å². The van der Waals surface area contributed by atoms with E-state index in [2.05, 4.69) is 6.58 Å². The summed E-state index contributed by atoms with van der Waals surface area (Å²) in [5, 5.41) is 30.5. The Morgan fingerprint density at radius 1 is 1.30 bits per heavy atom. The molecule has 2 rings (SSSR count). The largest absolute Gasteiger partial charge is 0.508 e. The number of carbonyl (C=O) groups excluding carboxylic acids is 1. The van der Waals surface area contributed by atoms with E-state index < -0.39 is 11.4 Å². The van der Waals surface area contributed by atoms with Gasteiger partial charge in [0.25, 0.3) is 0 Å². The Morgan fingerprint density at radius 2 is 1.95 bits per heavy atom. The second kappa shape index (κ2) is 4.80. The Morgan fingerprint density at radius 3 is 2.60 bits per heavy atom. The predicted molar refractivity (Wildman–Crippen MR) is 75.9 cm³/mol. The number of aliphatic hydroxyl groups excluding tert-OH is 1. The monoisotopic (exact) mass is 274 g/mol. The van der Waals surface area contributed by atoms with Gasteiger partial charge in [0.2, 0.25) is 0 Å². The van der Waals surface area contributed by atoms with Crippen molar-refractivity contribution >= 4 is 5.78 Å². The number of rotatable bonds is 0. The van der Waals surface area contributed by atoms with E-state index in [1.807, 2.05) is 0 Å². The first-order valence-corrected chi connectivity index (χ1v) is 6.43. The maximum absolute atomic E-state index is 12.4. The summed E-state index contributed by atoms with van der Waals surface area (Å²) in [6.45, 7) is 6.76. The number of phenols is 1. The zero-order chi connectivity index (χ0) is 15.1. The van der Waals surface area contributed by atoms with Crippen molar-refractivity contribution in [1.82, 2.24) is 0 Å². The van der Waals surface area contributed by atoms with Gasteiger partial charge in [0.05, 0.1) is 11.2 Å². The molecule has 20 heavy (non-hydrogen) atoms. The van der Waals surface area contributed by atoms with Crippen molar-refractivity contribution in [3.05, 3.63) is 52.8 Å². The summed E-state index contributed by atoms with van der Waals surface area (Å²) in [5.41, 5.74) is -0.245. The van der Waals surface area contributed by atoms with Gasteiger partial charge in [0, 0.05) is 16.7 Å². The summed E-state index contributed by atoms with van der Waals surface area (Å²) >= 11 is 0. The lowest BCUT2D eigenvalue weighted by Gasteiger charge is -2.25. The number of benzene rings is 1. The molecule has 1 atom stereocenters. The number of hydrogen-bond acceptors (Lipinski definition) is 4. The van der Waals surface area contributed by atoms with Crippen LogP contribution in [0.15, 0.2) is 41.7 Å². The van der Waals surface area contributed by atoms with Gasteiger partial charge in [0.1, 0.15) is 11.5 Å². The molecule has 1 aromatic carbocycles. The summed E-state index contributed by atoms with van der Waals surface area (Å²) in [4.78, 5) is 12.4. The fourth-order valence-corrected chi connectivity index (χ4v) is 2.36. The Bertz CT molecular complexity index is 623. The van der Waals surface area contributed by atoms with E-state index in [1.54, 1.807) is 26.0 Å². The average molecular weight is 274 g/mol. The van der Waals surface area contributed by atoms with Crippen LogP contribution in [0.1, 0.15) is 36.2 Å². The Labute approximate surface area is 117 Å². The van der Waals surface area contributed by atoms with Crippen LogP contribution in [-0.4, -0.2) is 26.7 Å². The van der Waals surface area contributed by atoms with E-state index in [1.165, 1.54) is 6.07 Å². The lowest BCUT2D eigenvalue weighted by Crippen LogP contribution is -2.27. The number of fused-ring (bicyclic) bond motifs is 1. The minimum absolute atomic E-state index is 0.0125. The standard InChI is InChI=1S/C16H18O4/c1-9-14(18)10(2)16(3,20)8-7-11-12(15(9)19)5-4-6-13(11)17/h4-6,17-18,20H,1,7-8H2,2-3H3/b14-10+. The molecule has 0 heterocycles. The summed E-state index contributed by atoms with van der Waals surface area (Å²) in [6.07, 6.45) is 0.618. The molecule has 4 heteroatoms. The minimum atomic E-state index is -1.27. The van der Waals surface area contributed by atoms with E-state index in [0.29, 0.717) is 23.1 Å². The molecule has 1 aliphatic carbocycles. The SMILES string of the molecule is C=C1C(=O)c2cccc(O)c2CCC(C)(O)/C(C)=C\1O. The minimum Gasteiger partial charge on any atom is -0.508 e. The maximum Gasteiger partial charge on any atom is 0.196 e. The van der Waals surface area contributed by atoms with Gasteiger partial charge in [0.15, 0.2) is 5.78 Å². The summed E-state index contributed by atoms with van der Waals surface area (Å²) < 4.78 is 0. The molecule has 0 aliphatic heterocycles. The van der Waals surface area contributed by atoms with Gasteiger partial charge in [-0.2, -0.15) is 0 Å². The van der Waals surface area contributed by atoms with Gasteiger partial charge in [-0.05, 0) is 32.8 Å². The van der Waals surface area contributed by atoms with Crippen molar-refractivity contribution in [2.75, 3.05) is 0 Å². The van der Waals surface area contributed by atoms with Crippen molar-refractivity contribution in [2.24, 2.45) is 0 Å². The lowest BCUT2D eigenvalue weighted by molar-refractivity contribution is 0.0848. The smallest absolute Gasteiger partial charge is 0.196 e. The zero-order valence-corrected chi connectivity index (χ0v) is 11.6. The van der Waals surface area contributed by atoms with Crippen molar-refractivity contribution in [3.63, 3.8) is 0 Å². The summed E-state index contributed by atoms with van der Waals surface area (Å²) in [5.74, 6) is -0.708. The Hall–Kier alpha value is -2.07. The first-order chi connectivity index (χ1) is 9.25. The lowest BCUT2D eigenvalue weighted by atomic mass is 9.89. The molecule has 1 aromatic rings. The molecule has 0 bridgehead atoms. The van der Waals surface area contributed by atoms with Crippen LogP contribution in [-0.2, 0) is 6.42 Å². The molecule has 4 nitrogen and oxygen atoms in total. The van der Waals surface area contributed by atoms with E-state index in [9.17, 15) is 20.1 Å². The molecule has 1 unspecified atom stereocenters. The van der Waals surface area contributed by atoms with Crippen molar-refractivity contribution in [1.29, 1.82) is 0 Å². The maximum atomic E-state index is 12.4. The van der Waals surface area contributed by atoms with Gasteiger partial charge in [-0.15, -0.1) is 0 Å². The van der Waals surface area contributed by atoms with Crippen LogP contribution in [0.2, 0.25) is 0 Å². The van der Waals surface area contributed by atoms with Crippen molar-refractivity contribution in [3.8, 4) is 5.75 Å². The Balaban J connectivity index is 2.67. The normalized spacial score (nSPS) is 27.6. The third kappa shape index (κ3) is 2.23. The number of aliphatic hydroxyl groups is 2. The van der Waals surface area contributed by atoms with Crippen LogP contribution in [0.4, 0.5) is 0 Å². The molecule has 0 saturated carbocycles. The van der Waals surface area contributed by atoms with Crippen LogP contribution < -0.4 is 0 Å². The van der Waals surface area contributed by atoms with Crippen molar-refractivity contribution < 1.29 is 20.1 Å². The highest BCUT2D eigenvalue weighted by Gasteiger charge is 2.31. The molecule has 0 fully saturated rings. The number of aromatic hydroxyl groups is 1. The number of phenolic OH excluding ortho intramolecular Hbond substituents is 1. The molecule has 0 spiro atoms. The highest BCUT2D eigenvalue weighted by atomic mass is 16.3. The summed E-state index contributed by atoms with van der Waals surface area (Å²) in [7, 11) is 0. The number of Topliss-reactive ketones (excluding diaryl/α,β-unsaturated/α-hetero) is 1. The molecule has 3 N–H and O–H groups in total. The van der Waals surface area contributed by atoms with E-state index in [0.717, 1.165) is 0 Å². The predicted octanol–water partition coefficient (Wildman–Crippen LogP) is 2.66. The first kappa shape index (κ1) is 14.3. The second-order valence-electron chi connectivity index (χ2n) is 5.36. The number of carbonyl (C=O) groups is 1. The average Bonchev–Trinajstić information content (AvgIpc) is 2.43. The fraction of sp³-hybridized carbons (Fsp3) is 0.312. The topological polar surface area (TPSA) is 77.8 Å². The van der Waals surface area contributed by atoms with Crippen LogP contribution in [0.5, 0.6) is 5.75 Å². The molecular weight excluding hydrogens is 256 g/mol. The van der Waals surface area contributed by atoms with E-state index in [4.69, 9.17) is 0 Å². The fourth-order valence-electron chi connectivity index (χ4n) is 2.36. The van der Waals surface area contributed by atoms with Crippen molar-refractivity contribution in [2.45, 2.75) is 32.3 Å².